The highest BCUT2D eigenvalue weighted by molar-refractivity contribution is 9.11. The molecule has 4 aromatic heterocycles. The fourth-order valence-electron chi connectivity index (χ4n) is 4.60. The van der Waals surface area contributed by atoms with E-state index in [1.165, 1.54) is 69.5 Å². The highest BCUT2D eigenvalue weighted by atomic mass is 79.9. The molecule has 164 valence electrons. The molecule has 0 saturated heterocycles. The lowest BCUT2D eigenvalue weighted by Crippen LogP contribution is -1.72. The van der Waals surface area contributed by atoms with Gasteiger partial charge in [-0.15, -0.1) is 45.3 Å². The minimum Gasteiger partial charge on any atom is -0.143 e. The van der Waals surface area contributed by atoms with Crippen molar-refractivity contribution in [3.05, 3.63) is 91.1 Å². The number of halogens is 2. The predicted octanol–water partition coefficient (Wildman–Crippen LogP) is 12.1. The summed E-state index contributed by atoms with van der Waals surface area (Å²) in [4.78, 5) is 0. The maximum absolute atomic E-state index is 3.58. The minimum atomic E-state index is 1.19. The summed E-state index contributed by atoms with van der Waals surface area (Å²) in [6.45, 7) is 0. The van der Waals surface area contributed by atoms with E-state index in [4.69, 9.17) is 0 Å². The van der Waals surface area contributed by atoms with E-state index in [-0.39, 0.29) is 0 Å². The molecule has 0 radical (unpaired) electrons. The molecule has 34 heavy (non-hydrogen) atoms. The molecule has 8 aromatic rings. The summed E-state index contributed by atoms with van der Waals surface area (Å²) in [5, 5.41) is 15.2. The maximum atomic E-state index is 3.58. The van der Waals surface area contributed by atoms with E-state index >= 15 is 0 Å². The molecule has 0 aliphatic carbocycles. The average molecular weight is 638 g/mol. The quantitative estimate of drug-likeness (QED) is 0.155. The first-order valence-corrected chi connectivity index (χ1v) is 15.6. The molecule has 0 saturated carbocycles. The second-order valence-electron chi connectivity index (χ2n) is 8.07. The fourth-order valence-corrected chi connectivity index (χ4v) is 9.75. The van der Waals surface area contributed by atoms with Crippen molar-refractivity contribution in [2.75, 3.05) is 0 Å². The Bertz CT molecular complexity index is 1860. The lowest BCUT2D eigenvalue weighted by atomic mass is 10.1. The van der Waals surface area contributed by atoms with Gasteiger partial charge in [0, 0.05) is 40.3 Å². The van der Waals surface area contributed by atoms with Crippen LogP contribution >= 0.6 is 77.2 Å². The van der Waals surface area contributed by atoms with Gasteiger partial charge in [0.15, 0.2) is 0 Å². The van der Waals surface area contributed by atoms with Crippen molar-refractivity contribution < 1.29 is 0 Å². The first kappa shape index (κ1) is 21.5. The van der Waals surface area contributed by atoms with Crippen LogP contribution in [0, 0.1) is 0 Å². The Morgan fingerprint density at radius 2 is 0.794 bits per heavy atom. The van der Waals surface area contributed by atoms with Gasteiger partial charge in [0.2, 0.25) is 0 Å². The number of thiophene rings is 4. The summed E-state index contributed by atoms with van der Waals surface area (Å²) in [6, 6.07) is 26.6. The third-order valence-electron chi connectivity index (χ3n) is 6.13. The van der Waals surface area contributed by atoms with Crippen molar-refractivity contribution in [3.8, 4) is 0 Å². The van der Waals surface area contributed by atoms with E-state index in [1.807, 2.05) is 22.7 Å². The van der Waals surface area contributed by atoms with Crippen LogP contribution < -0.4 is 0 Å². The molecule has 0 nitrogen and oxygen atoms in total. The Morgan fingerprint density at radius 1 is 0.412 bits per heavy atom. The summed E-state index contributed by atoms with van der Waals surface area (Å²) in [6.07, 6.45) is 0. The van der Waals surface area contributed by atoms with Gasteiger partial charge in [0.05, 0.1) is 7.57 Å². The van der Waals surface area contributed by atoms with Crippen LogP contribution in [0.1, 0.15) is 0 Å². The van der Waals surface area contributed by atoms with Gasteiger partial charge in [-0.25, -0.2) is 0 Å². The zero-order valence-corrected chi connectivity index (χ0v) is 23.9. The smallest absolute Gasteiger partial charge is 0.0711 e. The summed E-state index contributed by atoms with van der Waals surface area (Å²) < 4.78 is 7.94. The second-order valence-corrected chi connectivity index (χ2v) is 14.8. The monoisotopic (exact) mass is 636 g/mol. The Kier molecular flexibility index (Phi) is 5.31. The standard InChI is InChI=1S/C14H6Br2S2.C14H8S2/c15-11-5-7-1-3-9-10(13(7)17-11)4-2-8-6-12(16)18-14(8)9;1-3-11-12(13-9(1)5-7-15-13)4-2-10-6-8-16-14(10)11/h1-6H;1-8H. The molecule has 4 heterocycles. The summed E-state index contributed by atoms with van der Waals surface area (Å²) >= 11 is 14.4. The minimum absolute atomic E-state index is 1.19. The van der Waals surface area contributed by atoms with Crippen LogP contribution in [0.15, 0.2) is 91.1 Å². The molecule has 0 aliphatic rings. The van der Waals surface area contributed by atoms with E-state index in [2.05, 4.69) is 115 Å². The second kappa shape index (κ2) is 8.40. The normalized spacial score (nSPS) is 11.8. The first-order chi connectivity index (χ1) is 16.7. The number of hydrogen-bond acceptors (Lipinski definition) is 4. The number of fused-ring (bicyclic) bond motifs is 10. The highest BCUT2D eigenvalue weighted by Crippen LogP contribution is 2.41. The molecule has 0 spiro atoms. The molecular formula is C28H14Br2S4. The Morgan fingerprint density at radius 3 is 1.24 bits per heavy atom. The van der Waals surface area contributed by atoms with E-state index in [1.54, 1.807) is 22.7 Å². The van der Waals surface area contributed by atoms with E-state index in [0.29, 0.717) is 0 Å². The van der Waals surface area contributed by atoms with E-state index in [9.17, 15) is 0 Å². The molecular weight excluding hydrogens is 624 g/mol. The van der Waals surface area contributed by atoms with Gasteiger partial charge >= 0.3 is 0 Å². The molecule has 0 fully saturated rings. The Labute approximate surface area is 228 Å². The van der Waals surface area contributed by atoms with Gasteiger partial charge in [0.1, 0.15) is 0 Å². The van der Waals surface area contributed by atoms with Gasteiger partial charge in [-0.2, -0.15) is 0 Å². The van der Waals surface area contributed by atoms with Crippen LogP contribution in [0.25, 0.3) is 61.9 Å². The molecule has 0 N–H and O–H groups in total. The molecule has 0 bridgehead atoms. The third kappa shape index (κ3) is 3.47. The first-order valence-electron chi connectivity index (χ1n) is 10.6. The van der Waals surface area contributed by atoms with Crippen molar-refractivity contribution >= 4 is 139 Å². The van der Waals surface area contributed by atoms with Crippen LogP contribution in [0.3, 0.4) is 0 Å². The van der Waals surface area contributed by atoms with E-state index < -0.39 is 0 Å². The lowest BCUT2D eigenvalue weighted by molar-refractivity contribution is 1.92. The van der Waals surface area contributed by atoms with Crippen molar-refractivity contribution in [1.82, 2.24) is 0 Å². The molecule has 0 aliphatic heterocycles. The summed E-state index contributed by atoms with van der Waals surface area (Å²) in [5.41, 5.74) is 0. The molecule has 6 heteroatoms. The molecule has 0 atom stereocenters. The van der Waals surface area contributed by atoms with Crippen molar-refractivity contribution in [1.29, 1.82) is 0 Å². The third-order valence-corrected chi connectivity index (χ3v) is 11.4. The largest absolute Gasteiger partial charge is 0.143 e. The Balaban J connectivity index is 0.000000118. The summed E-state index contributed by atoms with van der Waals surface area (Å²) in [7, 11) is 0. The average Bonchev–Trinajstić information content (AvgIpc) is 3.62. The zero-order valence-electron chi connectivity index (χ0n) is 17.5. The van der Waals surface area contributed by atoms with Gasteiger partial charge in [-0.05, 0) is 88.4 Å². The molecule has 8 rings (SSSR count). The topological polar surface area (TPSA) is 0 Å². The van der Waals surface area contributed by atoms with Gasteiger partial charge < -0.3 is 0 Å². The fraction of sp³-hybridized carbons (Fsp3) is 0. The van der Waals surface area contributed by atoms with E-state index in [0.717, 1.165) is 0 Å². The van der Waals surface area contributed by atoms with Gasteiger partial charge in [0.25, 0.3) is 0 Å². The van der Waals surface area contributed by atoms with Crippen molar-refractivity contribution in [3.63, 3.8) is 0 Å². The van der Waals surface area contributed by atoms with Crippen molar-refractivity contribution in [2.24, 2.45) is 0 Å². The van der Waals surface area contributed by atoms with Crippen LogP contribution in [0.2, 0.25) is 0 Å². The molecule has 0 unspecified atom stereocenters. The predicted molar refractivity (Wildman–Crippen MR) is 165 cm³/mol. The van der Waals surface area contributed by atoms with Crippen LogP contribution in [0.5, 0.6) is 0 Å². The molecule has 4 aromatic carbocycles. The zero-order chi connectivity index (χ0) is 22.8. The van der Waals surface area contributed by atoms with Crippen LogP contribution in [-0.2, 0) is 0 Å². The van der Waals surface area contributed by atoms with Crippen LogP contribution in [0.4, 0.5) is 0 Å². The lowest BCUT2D eigenvalue weighted by Gasteiger charge is -2.00. The van der Waals surface area contributed by atoms with Crippen LogP contribution in [-0.4, -0.2) is 0 Å². The number of hydrogen-bond donors (Lipinski definition) is 0. The van der Waals surface area contributed by atoms with Gasteiger partial charge in [-0.1, -0.05) is 48.5 Å². The number of rotatable bonds is 0. The molecule has 0 amide bonds. The van der Waals surface area contributed by atoms with Gasteiger partial charge in [-0.3, -0.25) is 0 Å². The van der Waals surface area contributed by atoms with Crippen molar-refractivity contribution in [2.45, 2.75) is 0 Å². The highest BCUT2D eigenvalue weighted by Gasteiger charge is 2.09. The SMILES string of the molecule is Brc1cc2ccc3c(ccc4cc(Br)sc43)c2s1.c1cc2ccc3c(ccc4ccsc43)c2s1. The maximum Gasteiger partial charge on any atom is 0.0711 e. The summed E-state index contributed by atoms with van der Waals surface area (Å²) in [5.74, 6) is 0. The Hall–Kier alpha value is -1.80. The number of benzene rings is 4.